The SMILES string of the molecule is C=NN(CCC(F)(F)F)CC1CC1. The molecule has 1 aliphatic rings. The second kappa shape index (κ2) is 3.98. The molecule has 0 aromatic rings. The molecule has 1 rings (SSSR count). The molecule has 0 N–H and O–H groups in total. The van der Waals surface area contributed by atoms with Crippen LogP contribution in [0.4, 0.5) is 13.2 Å². The maximum atomic E-state index is 11.8. The first-order chi connectivity index (χ1) is 6.01. The molecule has 13 heavy (non-hydrogen) atoms. The van der Waals surface area contributed by atoms with Gasteiger partial charge in [0.05, 0.1) is 6.42 Å². The van der Waals surface area contributed by atoms with E-state index < -0.39 is 12.6 Å². The number of rotatable bonds is 5. The lowest BCUT2D eigenvalue weighted by Gasteiger charge is -2.18. The van der Waals surface area contributed by atoms with Crippen LogP contribution in [-0.4, -0.2) is 31.0 Å². The van der Waals surface area contributed by atoms with Gasteiger partial charge in [0.25, 0.3) is 0 Å². The molecule has 0 heterocycles. The van der Waals surface area contributed by atoms with Crippen LogP contribution in [0.2, 0.25) is 0 Å². The molecule has 76 valence electrons. The molecule has 1 aliphatic carbocycles. The largest absolute Gasteiger partial charge is 0.390 e. The highest BCUT2D eigenvalue weighted by Crippen LogP contribution is 2.30. The van der Waals surface area contributed by atoms with Crippen molar-refractivity contribution in [3.63, 3.8) is 0 Å². The Morgan fingerprint density at radius 3 is 2.38 bits per heavy atom. The Balaban J connectivity index is 2.18. The van der Waals surface area contributed by atoms with Gasteiger partial charge in [0.2, 0.25) is 0 Å². The minimum atomic E-state index is -4.09. The third-order valence-corrected chi connectivity index (χ3v) is 2.02. The normalized spacial score (nSPS) is 17.2. The average molecular weight is 194 g/mol. The Bertz CT molecular complexity index is 175. The van der Waals surface area contributed by atoms with E-state index in [1.165, 1.54) is 5.01 Å². The van der Waals surface area contributed by atoms with E-state index in [1.807, 2.05) is 0 Å². The predicted octanol–water partition coefficient (Wildman–Crippen LogP) is 2.27. The fraction of sp³-hybridized carbons (Fsp3) is 0.875. The molecular weight excluding hydrogens is 181 g/mol. The van der Waals surface area contributed by atoms with Gasteiger partial charge in [-0.2, -0.15) is 18.3 Å². The molecule has 0 saturated heterocycles. The lowest BCUT2D eigenvalue weighted by Crippen LogP contribution is -2.25. The summed E-state index contributed by atoms with van der Waals surface area (Å²) in [7, 11) is 0. The Morgan fingerprint density at radius 1 is 1.38 bits per heavy atom. The zero-order chi connectivity index (χ0) is 9.90. The molecular formula is C8H13F3N2. The fourth-order valence-corrected chi connectivity index (χ4v) is 1.07. The van der Waals surface area contributed by atoms with Crippen molar-refractivity contribution in [1.29, 1.82) is 0 Å². The van der Waals surface area contributed by atoms with E-state index in [9.17, 15) is 13.2 Å². The summed E-state index contributed by atoms with van der Waals surface area (Å²) in [5, 5.41) is 4.96. The van der Waals surface area contributed by atoms with Crippen LogP contribution in [0.25, 0.3) is 0 Å². The van der Waals surface area contributed by atoms with Crippen molar-refractivity contribution in [2.75, 3.05) is 13.1 Å². The standard InChI is InChI=1S/C8H13F3N2/c1-12-13(6-7-2-3-7)5-4-8(9,10)11/h7H,1-6H2. The first-order valence-electron chi connectivity index (χ1n) is 4.29. The fourth-order valence-electron chi connectivity index (χ4n) is 1.07. The van der Waals surface area contributed by atoms with Crippen molar-refractivity contribution >= 4 is 6.72 Å². The van der Waals surface area contributed by atoms with Gasteiger partial charge in [-0.25, -0.2) is 0 Å². The number of alkyl halides is 3. The van der Waals surface area contributed by atoms with E-state index >= 15 is 0 Å². The van der Waals surface area contributed by atoms with E-state index in [0.717, 1.165) is 12.8 Å². The third kappa shape index (κ3) is 4.75. The Hall–Kier alpha value is -0.740. The van der Waals surface area contributed by atoms with Crippen LogP contribution in [0.3, 0.4) is 0 Å². The van der Waals surface area contributed by atoms with Crippen LogP contribution in [0, 0.1) is 5.92 Å². The van der Waals surface area contributed by atoms with Crippen LogP contribution in [0.1, 0.15) is 19.3 Å². The lowest BCUT2D eigenvalue weighted by atomic mass is 10.3. The van der Waals surface area contributed by atoms with Gasteiger partial charge in [-0.15, -0.1) is 0 Å². The van der Waals surface area contributed by atoms with Crippen LogP contribution < -0.4 is 0 Å². The molecule has 0 spiro atoms. The molecule has 0 aromatic heterocycles. The van der Waals surface area contributed by atoms with Crippen LogP contribution in [0.5, 0.6) is 0 Å². The van der Waals surface area contributed by atoms with E-state index in [-0.39, 0.29) is 6.54 Å². The van der Waals surface area contributed by atoms with Crippen LogP contribution >= 0.6 is 0 Å². The smallest absolute Gasteiger partial charge is 0.297 e. The van der Waals surface area contributed by atoms with Crippen molar-refractivity contribution in [2.24, 2.45) is 11.0 Å². The average Bonchev–Trinajstić information content (AvgIpc) is 2.79. The van der Waals surface area contributed by atoms with Crippen LogP contribution in [-0.2, 0) is 0 Å². The van der Waals surface area contributed by atoms with Gasteiger partial charge >= 0.3 is 6.18 Å². The van der Waals surface area contributed by atoms with E-state index in [4.69, 9.17) is 0 Å². The molecule has 0 aromatic carbocycles. The van der Waals surface area contributed by atoms with Crippen molar-refractivity contribution in [1.82, 2.24) is 5.01 Å². The molecule has 0 aliphatic heterocycles. The molecule has 0 amide bonds. The quantitative estimate of drug-likeness (QED) is 0.484. The number of hydrogen-bond donors (Lipinski definition) is 0. The number of hydrazone groups is 1. The van der Waals surface area contributed by atoms with Gasteiger partial charge in [0.15, 0.2) is 0 Å². The van der Waals surface area contributed by atoms with Gasteiger partial charge in [-0.05, 0) is 18.8 Å². The van der Waals surface area contributed by atoms with Crippen molar-refractivity contribution < 1.29 is 13.2 Å². The Morgan fingerprint density at radius 2 is 2.00 bits per heavy atom. The molecule has 0 unspecified atom stereocenters. The van der Waals surface area contributed by atoms with Gasteiger partial charge in [-0.3, -0.25) is 5.01 Å². The second-order valence-corrected chi connectivity index (χ2v) is 3.36. The molecule has 5 heteroatoms. The molecule has 2 nitrogen and oxygen atoms in total. The highest BCUT2D eigenvalue weighted by Gasteiger charge is 2.29. The minimum Gasteiger partial charge on any atom is -0.297 e. The summed E-state index contributed by atoms with van der Waals surface area (Å²) in [6.45, 7) is 3.81. The zero-order valence-electron chi connectivity index (χ0n) is 7.35. The molecule has 1 fully saturated rings. The van der Waals surface area contributed by atoms with Crippen molar-refractivity contribution in [3.8, 4) is 0 Å². The minimum absolute atomic E-state index is 0.0660. The number of halogens is 3. The summed E-state index contributed by atoms with van der Waals surface area (Å²) in [5.41, 5.74) is 0. The first kappa shape index (κ1) is 10.3. The van der Waals surface area contributed by atoms with E-state index in [1.54, 1.807) is 0 Å². The molecule has 0 radical (unpaired) electrons. The molecule has 0 atom stereocenters. The van der Waals surface area contributed by atoms with Gasteiger partial charge in [0.1, 0.15) is 0 Å². The zero-order valence-corrected chi connectivity index (χ0v) is 7.35. The summed E-state index contributed by atoms with van der Waals surface area (Å²) >= 11 is 0. The monoisotopic (exact) mass is 194 g/mol. The Kier molecular flexibility index (Phi) is 3.17. The summed E-state index contributed by atoms with van der Waals surface area (Å²) < 4.78 is 35.4. The summed E-state index contributed by atoms with van der Waals surface area (Å²) in [6, 6.07) is 0. The highest BCUT2D eigenvalue weighted by molar-refractivity contribution is 5.22. The van der Waals surface area contributed by atoms with Gasteiger partial charge < -0.3 is 0 Å². The van der Waals surface area contributed by atoms with Crippen molar-refractivity contribution in [2.45, 2.75) is 25.4 Å². The number of hydrogen-bond acceptors (Lipinski definition) is 2. The highest BCUT2D eigenvalue weighted by atomic mass is 19.4. The summed E-state index contributed by atoms with van der Waals surface area (Å²) in [5.74, 6) is 0.540. The number of nitrogens with zero attached hydrogens (tertiary/aromatic N) is 2. The Labute approximate surface area is 75.4 Å². The second-order valence-electron chi connectivity index (χ2n) is 3.36. The van der Waals surface area contributed by atoms with Gasteiger partial charge in [0, 0.05) is 19.8 Å². The van der Waals surface area contributed by atoms with E-state index in [2.05, 4.69) is 11.8 Å². The van der Waals surface area contributed by atoms with E-state index in [0.29, 0.717) is 12.5 Å². The topological polar surface area (TPSA) is 15.6 Å². The van der Waals surface area contributed by atoms with Gasteiger partial charge in [-0.1, -0.05) is 0 Å². The maximum Gasteiger partial charge on any atom is 0.390 e. The lowest BCUT2D eigenvalue weighted by molar-refractivity contribution is -0.138. The van der Waals surface area contributed by atoms with Crippen LogP contribution in [0.15, 0.2) is 5.10 Å². The summed E-state index contributed by atoms with van der Waals surface area (Å²) in [6.07, 6.45) is -2.68. The third-order valence-electron chi connectivity index (χ3n) is 2.02. The molecule has 0 bridgehead atoms. The molecule has 1 saturated carbocycles. The maximum absolute atomic E-state index is 11.8. The first-order valence-corrected chi connectivity index (χ1v) is 4.29. The summed E-state index contributed by atoms with van der Waals surface area (Å²) in [4.78, 5) is 0. The predicted molar refractivity (Wildman–Crippen MR) is 44.5 cm³/mol. The van der Waals surface area contributed by atoms with Crippen molar-refractivity contribution in [3.05, 3.63) is 0 Å².